The smallest absolute Gasteiger partial charge is 0.255 e. The van der Waals surface area contributed by atoms with Crippen molar-refractivity contribution in [1.82, 2.24) is 0 Å². The average molecular weight is 531 g/mol. The normalized spacial score (nSPS) is 15.4. The number of hydrogen-bond donors (Lipinski definition) is 1. The van der Waals surface area contributed by atoms with E-state index in [2.05, 4.69) is 16.3 Å². The number of carbonyl (C=O) groups excluding carboxylic acids is 1. The molecule has 8 nitrogen and oxygen atoms in total. The third-order valence-electron chi connectivity index (χ3n) is 7.32. The molecule has 1 amide bonds. The molecule has 0 spiro atoms. The SMILES string of the molecule is CN(C)c1ccc(C(=O)Nc2cccc(C(C[N+](=O)[O-])C3=CCc4cc(N5CCOCC5)ccc43)c2F)cc1. The van der Waals surface area contributed by atoms with Gasteiger partial charge in [0.2, 0.25) is 6.54 Å². The second-order valence-electron chi connectivity index (χ2n) is 9.98. The molecular weight excluding hydrogens is 499 g/mol. The summed E-state index contributed by atoms with van der Waals surface area (Å²) in [5, 5.41) is 14.4. The second kappa shape index (κ2) is 11.2. The maximum atomic E-state index is 15.9. The van der Waals surface area contributed by atoms with Crippen molar-refractivity contribution in [2.45, 2.75) is 12.3 Å². The van der Waals surface area contributed by atoms with Crippen molar-refractivity contribution in [3.05, 3.63) is 105 Å². The molecule has 1 unspecified atom stereocenters. The van der Waals surface area contributed by atoms with Gasteiger partial charge in [-0.3, -0.25) is 14.9 Å². The Bertz CT molecular complexity index is 1410. The van der Waals surface area contributed by atoms with E-state index in [1.54, 1.807) is 24.3 Å². The predicted molar refractivity (Wildman–Crippen MR) is 151 cm³/mol. The number of nitrogens with zero attached hydrogens (tertiary/aromatic N) is 3. The number of morpholine rings is 1. The number of anilines is 3. The Hall–Kier alpha value is -4.24. The highest BCUT2D eigenvalue weighted by molar-refractivity contribution is 6.04. The van der Waals surface area contributed by atoms with Gasteiger partial charge in [0.05, 0.1) is 24.8 Å². The Morgan fingerprint density at radius 2 is 1.87 bits per heavy atom. The van der Waals surface area contributed by atoms with Crippen molar-refractivity contribution in [1.29, 1.82) is 0 Å². The van der Waals surface area contributed by atoms with E-state index in [4.69, 9.17) is 4.74 Å². The quantitative estimate of drug-likeness (QED) is 0.327. The predicted octanol–water partition coefficient (Wildman–Crippen LogP) is 4.98. The molecule has 3 aromatic carbocycles. The highest BCUT2D eigenvalue weighted by Crippen LogP contribution is 2.41. The first-order valence-corrected chi connectivity index (χ1v) is 13.0. The average Bonchev–Trinajstić information content (AvgIpc) is 3.36. The Labute approximate surface area is 226 Å². The summed E-state index contributed by atoms with van der Waals surface area (Å²) in [5.41, 5.74) is 5.28. The number of fused-ring (bicyclic) bond motifs is 1. The van der Waals surface area contributed by atoms with Crippen LogP contribution in [0, 0.1) is 15.9 Å². The lowest BCUT2D eigenvalue weighted by Gasteiger charge is -2.29. The highest BCUT2D eigenvalue weighted by atomic mass is 19.1. The van der Waals surface area contributed by atoms with Crippen LogP contribution in [0.15, 0.2) is 66.7 Å². The zero-order chi connectivity index (χ0) is 27.5. The van der Waals surface area contributed by atoms with Gasteiger partial charge in [0.1, 0.15) is 0 Å². The fraction of sp³-hybridized carbons (Fsp3) is 0.300. The van der Waals surface area contributed by atoms with Gasteiger partial charge in [-0.25, -0.2) is 4.39 Å². The summed E-state index contributed by atoms with van der Waals surface area (Å²) in [7, 11) is 3.80. The number of allylic oxidation sites excluding steroid dienone is 1. The zero-order valence-corrected chi connectivity index (χ0v) is 22.0. The van der Waals surface area contributed by atoms with Crippen LogP contribution in [0.4, 0.5) is 21.5 Å². The molecule has 0 bridgehead atoms. The van der Waals surface area contributed by atoms with E-state index in [0.29, 0.717) is 25.2 Å². The summed E-state index contributed by atoms with van der Waals surface area (Å²) in [5.74, 6) is -1.92. The lowest BCUT2D eigenvalue weighted by Crippen LogP contribution is -2.36. The molecule has 1 fully saturated rings. The molecule has 3 aromatic rings. The maximum Gasteiger partial charge on any atom is 0.255 e. The van der Waals surface area contributed by atoms with E-state index in [1.165, 1.54) is 6.07 Å². The summed E-state index contributed by atoms with van der Waals surface area (Å²) in [4.78, 5) is 28.3. The molecule has 0 radical (unpaired) electrons. The van der Waals surface area contributed by atoms with Crippen LogP contribution in [-0.4, -0.2) is 57.8 Å². The van der Waals surface area contributed by atoms with Crippen LogP contribution in [0.3, 0.4) is 0 Å². The molecule has 1 aliphatic carbocycles. The lowest BCUT2D eigenvalue weighted by atomic mass is 9.87. The maximum absolute atomic E-state index is 15.9. The van der Waals surface area contributed by atoms with Gasteiger partial charge < -0.3 is 19.9 Å². The first-order chi connectivity index (χ1) is 18.8. The largest absolute Gasteiger partial charge is 0.378 e. The van der Waals surface area contributed by atoms with Crippen LogP contribution in [-0.2, 0) is 11.2 Å². The first kappa shape index (κ1) is 26.4. The molecule has 1 N–H and O–H groups in total. The van der Waals surface area contributed by atoms with Crippen molar-refractivity contribution in [3.63, 3.8) is 0 Å². The molecule has 1 heterocycles. The van der Waals surface area contributed by atoms with Crippen LogP contribution < -0.4 is 15.1 Å². The van der Waals surface area contributed by atoms with E-state index in [9.17, 15) is 14.9 Å². The first-order valence-electron chi connectivity index (χ1n) is 13.0. The fourth-order valence-electron chi connectivity index (χ4n) is 5.24. The van der Waals surface area contributed by atoms with Crippen LogP contribution >= 0.6 is 0 Å². The minimum atomic E-state index is -0.799. The Morgan fingerprint density at radius 1 is 1.13 bits per heavy atom. The molecule has 9 heteroatoms. The van der Waals surface area contributed by atoms with E-state index in [1.807, 2.05) is 49.3 Å². The van der Waals surface area contributed by atoms with Gasteiger partial charge in [-0.05, 0) is 65.6 Å². The molecule has 0 aromatic heterocycles. The monoisotopic (exact) mass is 530 g/mol. The Balaban J connectivity index is 1.41. The van der Waals surface area contributed by atoms with Crippen molar-refractivity contribution in [2.75, 3.05) is 62.1 Å². The van der Waals surface area contributed by atoms with E-state index < -0.39 is 29.1 Å². The molecular formula is C30H31FN4O4. The minimum Gasteiger partial charge on any atom is -0.378 e. The molecule has 0 saturated carbocycles. The van der Waals surface area contributed by atoms with Gasteiger partial charge in [-0.2, -0.15) is 0 Å². The lowest BCUT2D eigenvalue weighted by molar-refractivity contribution is -0.481. The van der Waals surface area contributed by atoms with Gasteiger partial charge >= 0.3 is 0 Å². The standard InChI is InChI=1S/C30H31FN4O4/c1-33(2)22-9-6-20(7-10-22)30(36)32-28-5-3-4-26(29(28)31)27(19-35(37)38)25-12-8-21-18-23(11-13-24(21)25)34-14-16-39-17-15-34/h3-7,9-13,18,27H,8,14-17,19H2,1-2H3,(H,32,36). The number of benzene rings is 3. The molecule has 2 aliphatic rings. The van der Waals surface area contributed by atoms with Gasteiger partial charge in [0.25, 0.3) is 5.91 Å². The summed E-state index contributed by atoms with van der Waals surface area (Å²) in [6.45, 7) is 2.52. The van der Waals surface area contributed by atoms with Crippen molar-refractivity contribution in [3.8, 4) is 0 Å². The molecule has 39 heavy (non-hydrogen) atoms. The topological polar surface area (TPSA) is 88.0 Å². The molecule has 202 valence electrons. The van der Waals surface area contributed by atoms with Gasteiger partial charge in [0.15, 0.2) is 5.82 Å². The molecule has 1 atom stereocenters. The van der Waals surface area contributed by atoms with Gasteiger partial charge in [-0.1, -0.05) is 24.3 Å². The van der Waals surface area contributed by atoms with Crippen LogP contribution in [0.2, 0.25) is 0 Å². The van der Waals surface area contributed by atoms with E-state index in [0.717, 1.165) is 41.2 Å². The number of hydrogen-bond acceptors (Lipinski definition) is 6. The number of nitrogens with one attached hydrogen (secondary N) is 1. The van der Waals surface area contributed by atoms with Crippen molar-refractivity contribution >= 4 is 28.5 Å². The number of halogens is 1. The van der Waals surface area contributed by atoms with Crippen molar-refractivity contribution in [2.24, 2.45) is 0 Å². The summed E-state index contributed by atoms with van der Waals surface area (Å²) >= 11 is 0. The fourth-order valence-corrected chi connectivity index (χ4v) is 5.24. The van der Waals surface area contributed by atoms with Gasteiger partial charge in [0, 0.05) is 54.6 Å². The van der Waals surface area contributed by atoms with Gasteiger partial charge in [-0.15, -0.1) is 0 Å². The Morgan fingerprint density at radius 3 is 2.56 bits per heavy atom. The van der Waals surface area contributed by atoms with E-state index >= 15 is 4.39 Å². The van der Waals surface area contributed by atoms with Crippen LogP contribution in [0.1, 0.15) is 33.0 Å². The summed E-state index contributed by atoms with van der Waals surface area (Å²) in [6, 6.07) is 17.7. The van der Waals surface area contributed by atoms with Crippen molar-refractivity contribution < 1.29 is 18.8 Å². The number of rotatable bonds is 8. The Kier molecular flexibility index (Phi) is 7.60. The number of amides is 1. The number of nitro groups is 1. The summed E-state index contributed by atoms with van der Waals surface area (Å²) < 4.78 is 21.3. The van der Waals surface area contributed by atoms with Crippen LogP contribution in [0.25, 0.3) is 5.57 Å². The number of carbonyl (C=O) groups is 1. The summed E-state index contributed by atoms with van der Waals surface area (Å²) in [6.07, 6.45) is 2.58. The zero-order valence-electron chi connectivity index (χ0n) is 22.0. The third kappa shape index (κ3) is 5.63. The van der Waals surface area contributed by atoms with E-state index in [-0.39, 0.29) is 11.3 Å². The minimum absolute atomic E-state index is 0.0102. The molecule has 5 rings (SSSR count). The third-order valence-corrected chi connectivity index (χ3v) is 7.32. The molecule has 1 saturated heterocycles. The highest BCUT2D eigenvalue weighted by Gasteiger charge is 2.31. The number of ether oxygens (including phenoxy) is 1. The second-order valence-corrected chi connectivity index (χ2v) is 9.98. The van der Waals surface area contributed by atoms with Crippen LogP contribution in [0.5, 0.6) is 0 Å². The molecule has 1 aliphatic heterocycles.